The van der Waals surface area contributed by atoms with Gasteiger partial charge in [0.2, 0.25) is 5.76 Å². The van der Waals surface area contributed by atoms with Crippen LogP contribution in [0.3, 0.4) is 0 Å². The molecule has 7 heteroatoms. The van der Waals surface area contributed by atoms with Gasteiger partial charge in [-0.3, -0.25) is 4.79 Å². The molecular formula is C16H23N5O2. The van der Waals surface area contributed by atoms with Crippen molar-refractivity contribution in [3.63, 3.8) is 0 Å². The van der Waals surface area contributed by atoms with E-state index in [0.29, 0.717) is 12.3 Å². The second-order valence-electron chi connectivity index (χ2n) is 6.47. The maximum Gasteiger partial charge on any atom is 0.292 e. The normalized spacial score (nSPS) is 18.7. The van der Waals surface area contributed by atoms with E-state index >= 15 is 0 Å². The molecule has 1 saturated heterocycles. The van der Waals surface area contributed by atoms with Crippen LogP contribution in [0.2, 0.25) is 0 Å². The molecule has 0 spiro atoms. The summed E-state index contributed by atoms with van der Waals surface area (Å²) in [5.74, 6) is 2.13. The van der Waals surface area contributed by atoms with Gasteiger partial charge in [-0.15, -0.1) is 0 Å². The third kappa shape index (κ3) is 3.13. The minimum absolute atomic E-state index is 0.0939. The highest BCUT2D eigenvalue weighted by Crippen LogP contribution is 2.24. The van der Waals surface area contributed by atoms with Crippen molar-refractivity contribution in [2.45, 2.75) is 52.5 Å². The second-order valence-corrected chi connectivity index (χ2v) is 6.47. The van der Waals surface area contributed by atoms with E-state index in [1.165, 1.54) is 0 Å². The number of rotatable bonds is 3. The van der Waals surface area contributed by atoms with E-state index in [1.54, 1.807) is 6.07 Å². The zero-order chi connectivity index (χ0) is 16.6. The van der Waals surface area contributed by atoms with E-state index in [9.17, 15) is 4.79 Å². The predicted octanol–water partition coefficient (Wildman–Crippen LogP) is 2.48. The first kappa shape index (κ1) is 15.7. The van der Waals surface area contributed by atoms with Gasteiger partial charge in [-0.25, -0.2) is 9.67 Å². The summed E-state index contributed by atoms with van der Waals surface area (Å²) in [6.07, 6.45) is 1.95. The summed E-state index contributed by atoms with van der Waals surface area (Å²) in [6.45, 7) is 9.25. The zero-order valence-corrected chi connectivity index (χ0v) is 14.1. The maximum absolute atomic E-state index is 12.6. The van der Waals surface area contributed by atoms with Gasteiger partial charge in [0, 0.05) is 19.2 Å². The van der Waals surface area contributed by atoms with Crippen LogP contribution >= 0.6 is 0 Å². The SMILES string of the molecule is Cc1nc(C)n([C@H]2CCCN(C(=O)c3cc(C(C)C)no3)C2)n1. The lowest BCUT2D eigenvalue weighted by molar-refractivity contribution is 0.0629. The molecule has 124 valence electrons. The van der Waals surface area contributed by atoms with Gasteiger partial charge in [-0.05, 0) is 32.6 Å². The number of aryl methyl sites for hydroxylation is 2. The Morgan fingerprint density at radius 1 is 1.39 bits per heavy atom. The fourth-order valence-electron chi connectivity index (χ4n) is 3.04. The van der Waals surface area contributed by atoms with Crippen LogP contribution in [0, 0.1) is 13.8 Å². The molecule has 2 aromatic heterocycles. The molecule has 7 nitrogen and oxygen atoms in total. The Morgan fingerprint density at radius 2 is 2.17 bits per heavy atom. The number of hydrogen-bond donors (Lipinski definition) is 0. The highest BCUT2D eigenvalue weighted by molar-refractivity contribution is 5.91. The van der Waals surface area contributed by atoms with Crippen molar-refractivity contribution in [3.05, 3.63) is 29.2 Å². The summed E-state index contributed by atoms with van der Waals surface area (Å²) in [7, 11) is 0. The Labute approximate surface area is 135 Å². The van der Waals surface area contributed by atoms with Crippen LogP contribution in [-0.2, 0) is 0 Å². The molecule has 1 atom stereocenters. The van der Waals surface area contributed by atoms with E-state index in [4.69, 9.17) is 4.52 Å². The van der Waals surface area contributed by atoms with Crippen molar-refractivity contribution in [1.29, 1.82) is 0 Å². The number of aromatic nitrogens is 4. The predicted molar refractivity (Wildman–Crippen MR) is 84.3 cm³/mol. The van der Waals surface area contributed by atoms with Gasteiger partial charge >= 0.3 is 0 Å². The standard InChI is InChI=1S/C16H23N5O2/c1-10(2)14-8-15(23-19-14)16(22)20-7-5-6-13(9-20)21-12(4)17-11(3)18-21/h8,10,13H,5-7,9H2,1-4H3/t13-/m0/s1. The first-order chi connectivity index (χ1) is 11.0. The van der Waals surface area contributed by atoms with E-state index in [2.05, 4.69) is 15.2 Å². The van der Waals surface area contributed by atoms with E-state index in [1.807, 2.05) is 37.3 Å². The van der Waals surface area contributed by atoms with Gasteiger partial charge in [0.1, 0.15) is 11.6 Å². The number of carbonyl (C=O) groups is 1. The Morgan fingerprint density at radius 3 is 2.78 bits per heavy atom. The molecule has 3 heterocycles. The molecule has 23 heavy (non-hydrogen) atoms. The summed E-state index contributed by atoms with van der Waals surface area (Å²) < 4.78 is 7.17. The summed E-state index contributed by atoms with van der Waals surface area (Å²) in [4.78, 5) is 18.8. The molecule has 0 aliphatic carbocycles. The summed E-state index contributed by atoms with van der Waals surface area (Å²) >= 11 is 0. The first-order valence-electron chi connectivity index (χ1n) is 8.11. The Balaban J connectivity index is 1.75. The third-order valence-corrected chi connectivity index (χ3v) is 4.27. The number of likely N-dealkylation sites (tertiary alicyclic amines) is 1. The minimum atomic E-state index is -0.0939. The number of piperidine rings is 1. The van der Waals surface area contributed by atoms with Crippen LogP contribution in [0.15, 0.2) is 10.6 Å². The van der Waals surface area contributed by atoms with Crippen LogP contribution in [0.4, 0.5) is 0 Å². The molecule has 0 aromatic carbocycles. The summed E-state index contributed by atoms with van der Waals surface area (Å²) in [6, 6.07) is 1.92. The van der Waals surface area contributed by atoms with Crippen LogP contribution in [0.25, 0.3) is 0 Å². The quantitative estimate of drug-likeness (QED) is 0.869. The molecule has 1 aliphatic rings. The van der Waals surface area contributed by atoms with Gasteiger partial charge in [-0.1, -0.05) is 19.0 Å². The minimum Gasteiger partial charge on any atom is -0.351 e. The highest BCUT2D eigenvalue weighted by atomic mass is 16.5. The average molecular weight is 317 g/mol. The highest BCUT2D eigenvalue weighted by Gasteiger charge is 2.29. The fourth-order valence-corrected chi connectivity index (χ4v) is 3.04. The molecule has 0 bridgehead atoms. The van der Waals surface area contributed by atoms with Crippen molar-refractivity contribution in [2.75, 3.05) is 13.1 Å². The average Bonchev–Trinajstić information content (AvgIpc) is 3.13. The van der Waals surface area contributed by atoms with E-state index < -0.39 is 0 Å². The van der Waals surface area contributed by atoms with Crippen LogP contribution in [0.1, 0.15) is 66.5 Å². The molecule has 0 N–H and O–H groups in total. The van der Waals surface area contributed by atoms with Gasteiger partial charge in [0.05, 0.1) is 11.7 Å². The molecule has 3 rings (SSSR count). The molecule has 1 fully saturated rings. The van der Waals surface area contributed by atoms with Crippen molar-refractivity contribution in [2.24, 2.45) is 0 Å². The van der Waals surface area contributed by atoms with Crippen molar-refractivity contribution in [3.8, 4) is 0 Å². The molecule has 1 amide bonds. The Kier molecular flexibility index (Phi) is 4.19. The van der Waals surface area contributed by atoms with E-state index in [0.717, 1.165) is 36.7 Å². The Hall–Kier alpha value is -2.18. The van der Waals surface area contributed by atoms with Crippen LogP contribution in [0.5, 0.6) is 0 Å². The molecule has 2 aromatic rings. The lowest BCUT2D eigenvalue weighted by Crippen LogP contribution is -2.41. The van der Waals surface area contributed by atoms with Gasteiger partial charge in [-0.2, -0.15) is 5.10 Å². The lowest BCUT2D eigenvalue weighted by Gasteiger charge is -2.32. The molecule has 1 aliphatic heterocycles. The van der Waals surface area contributed by atoms with E-state index in [-0.39, 0.29) is 17.9 Å². The van der Waals surface area contributed by atoms with Crippen molar-refractivity contribution < 1.29 is 9.32 Å². The molecule has 0 radical (unpaired) electrons. The van der Waals surface area contributed by atoms with Crippen LogP contribution < -0.4 is 0 Å². The van der Waals surface area contributed by atoms with Crippen molar-refractivity contribution in [1.82, 2.24) is 24.8 Å². The smallest absolute Gasteiger partial charge is 0.292 e. The number of carbonyl (C=O) groups excluding carboxylic acids is 1. The van der Waals surface area contributed by atoms with Gasteiger partial charge in [0.25, 0.3) is 5.91 Å². The largest absolute Gasteiger partial charge is 0.351 e. The fraction of sp³-hybridized carbons (Fsp3) is 0.625. The topological polar surface area (TPSA) is 77.0 Å². The van der Waals surface area contributed by atoms with Gasteiger partial charge < -0.3 is 9.42 Å². The second kappa shape index (κ2) is 6.14. The van der Waals surface area contributed by atoms with Crippen molar-refractivity contribution >= 4 is 5.91 Å². The monoisotopic (exact) mass is 317 g/mol. The first-order valence-corrected chi connectivity index (χ1v) is 8.11. The summed E-state index contributed by atoms with van der Waals surface area (Å²) in [5, 5.41) is 8.44. The maximum atomic E-state index is 12.6. The number of amides is 1. The van der Waals surface area contributed by atoms with Crippen LogP contribution in [-0.4, -0.2) is 43.8 Å². The Bertz CT molecular complexity index is 703. The molecule has 0 unspecified atom stereocenters. The summed E-state index contributed by atoms with van der Waals surface area (Å²) in [5.41, 5.74) is 0.810. The lowest BCUT2D eigenvalue weighted by atomic mass is 10.1. The third-order valence-electron chi connectivity index (χ3n) is 4.27. The zero-order valence-electron chi connectivity index (χ0n) is 14.1. The number of hydrogen-bond acceptors (Lipinski definition) is 5. The molecular weight excluding hydrogens is 294 g/mol. The van der Waals surface area contributed by atoms with Gasteiger partial charge in [0.15, 0.2) is 0 Å². The number of nitrogens with zero attached hydrogens (tertiary/aromatic N) is 5. The molecule has 0 saturated carbocycles.